The highest BCUT2D eigenvalue weighted by molar-refractivity contribution is 5.68. The second-order valence-corrected chi connectivity index (χ2v) is 6.47. The number of carbonyl (C=O) groups is 1. The predicted molar refractivity (Wildman–Crippen MR) is 72.5 cm³/mol. The fourth-order valence-electron chi connectivity index (χ4n) is 2.74. The van der Waals surface area contributed by atoms with Crippen molar-refractivity contribution in [1.29, 1.82) is 0 Å². The first-order valence-corrected chi connectivity index (χ1v) is 7.12. The molecule has 0 aromatic rings. The highest BCUT2D eigenvalue weighted by atomic mass is 16.6. The van der Waals surface area contributed by atoms with E-state index in [0.717, 1.165) is 25.8 Å². The maximum Gasteiger partial charge on any atom is 0.410 e. The molecule has 0 radical (unpaired) electrons. The van der Waals surface area contributed by atoms with Gasteiger partial charge in [0, 0.05) is 13.1 Å². The van der Waals surface area contributed by atoms with Gasteiger partial charge in [0.2, 0.25) is 0 Å². The quantitative estimate of drug-likeness (QED) is 0.664. The minimum atomic E-state index is -0.119. The van der Waals surface area contributed by atoms with Crippen molar-refractivity contribution in [2.75, 3.05) is 13.1 Å². The summed E-state index contributed by atoms with van der Waals surface area (Å²) < 4.78 is 5.53. The van der Waals surface area contributed by atoms with Crippen LogP contribution < -0.4 is 0 Å². The lowest BCUT2D eigenvalue weighted by molar-refractivity contribution is 0.0669. The Labute approximate surface area is 110 Å². The van der Waals surface area contributed by atoms with Crippen molar-refractivity contribution in [1.82, 2.24) is 4.90 Å². The third-order valence-corrected chi connectivity index (χ3v) is 4.00. The molecular weight excluding hydrogens is 226 g/mol. The lowest BCUT2D eigenvalue weighted by Gasteiger charge is -2.32. The summed E-state index contributed by atoms with van der Waals surface area (Å²) in [6, 6.07) is 0. The van der Waals surface area contributed by atoms with Crippen LogP contribution in [0.3, 0.4) is 0 Å². The highest BCUT2D eigenvalue weighted by Gasteiger charge is 2.26. The SMILES string of the molecule is CC(C)(C)C1=CCN(C(=O)OC2CCCC2)CC1. The van der Waals surface area contributed by atoms with Crippen LogP contribution >= 0.6 is 0 Å². The summed E-state index contributed by atoms with van der Waals surface area (Å²) in [5, 5.41) is 0. The Morgan fingerprint density at radius 2 is 2.00 bits per heavy atom. The van der Waals surface area contributed by atoms with Gasteiger partial charge in [-0.15, -0.1) is 0 Å². The topological polar surface area (TPSA) is 29.5 Å². The zero-order valence-electron chi connectivity index (χ0n) is 11.9. The Morgan fingerprint density at radius 3 is 2.50 bits per heavy atom. The Hall–Kier alpha value is -0.990. The maximum atomic E-state index is 12.0. The molecule has 0 bridgehead atoms. The van der Waals surface area contributed by atoms with Crippen LogP contribution in [0.1, 0.15) is 52.9 Å². The molecule has 102 valence electrons. The van der Waals surface area contributed by atoms with Crippen molar-refractivity contribution in [3.05, 3.63) is 11.6 Å². The van der Waals surface area contributed by atoms with Gasteiger partial charge >= 0.3 is 6.09 Å². The molecule has 1 fully saturated rings. The molecule has 0 unspecified atom stereocenters. The van der Waals surface area contributed by atoms with Crippen LogP contribution in [-0.4, -0.2) is 30.2 Å². The van der Waals surface area contributed by atoms with Crippen LogP contribution in [-0.2, 0) is 4.74 Å². The largest absolute Gasteiger partial charge is 0.446 e. The maximum absolute atomic E-state index is 12.0. The normalized spacial score (nSPS) is 21.9. The molecule has 1 aliphatic heterocycles. The minimum Gasteiger partial charge on any atom is -0.446 e. The first kappa shape index (κ1) is 13.4. The molecule has 2 rings (SSSR count). The van der Waals surface area contributed by atoms with Gasteiger partial charge in [-0.1, -0.05) is 32.4 Å². The summed E-state index contributed by atoms with van der Waals surface area (Å²) in [4.78, 5) is 13.8. The zero-order chi connectivity index (χ0) is 13.2. The number of hydrogen-bond acceptors (Lipinski definition) is 2. The number of hydrogen-bond donors (Lipinski definition) is 0. The lowest BCUT2D eigenvalue weighted by Crippen LogP contribution is -2.38. The average molecular weight is 251 g/mol. The zero-order valence-corrected chi connectivity index (χ0v) is 11.9. The van der Waals surface area contributed by atoms with Gasteiger partial charge in [0.25, 0.3) is 0 Å². The molecule has 0 aromatic carbocycles. The third kappa shape index (κ3) is 3.27. The number of amides is 1. The average Bonchev–Trinajstić information content (AvgIpc) is 2.81. The number of carbonyl (C=O) groups excluding carboxylic acids is 1. The predicted octanol–water partition coefficient (Wildman–Crippen LogP) is 3.74. The summed E-state index contributed by atoms with van der Waals surface area (Å²) >= 11 is 0. The molecule has 1 amide bonds. The van der Waals surface area contributed by atoms with E-state index in [1.807, 2.05) is 4.90 Å². The Kier molecular flexibility index (Phi) is 3.98. The fraction of sp³-hybridized carbons (Fsp3) is 0.800. The van der Waals surface area contributed by atoms with Crippen LogP contribution in [0, 0.1) is 5.41 Å². The Balaban J connectivity index is 1.85. The van der Waals surface area contributed by atoms with Crippen molar-refractivity contribution in [3.8, 4) is 0 Å². The van der Waals surface area contributed by atoms with Gasteiger partial charge in [0.1, 0.15) is 6.10 Å². The summed E-state index contributed by atoms with van der Waals surface area (Å²) in [6.45, 7) is 8.19. The van der Waals surface area contributed by atoms with Crippen molar-refractivity contribution in [2.24, 2.45) is 5.41 Å². The van der Waals surface area contributed by atoms with Gasteiger partial charge in [-0.3, -0.25) is 0 Å². The van der Waals surface area contributed by atoms with Gasteiger partial charge < -0.3 is 9.64 Å². The smallest absolute Gasteiger partial charge is 0.410 e. The van der Waals surface area contributed by atoms with Crippen molar-refractivity contribution >= 4 is 6.09 Å². The molecule has 18 heavy (non-hydrogen) atoms. The molecule has 0 spiro atoms. The molecule has 3 heteroatoms. The number of ether oxygens (including phenoxy) is 1. The summed E-state index contributed by atoms with van der Waals surface area (Å²) in [5.74, 6) is 0. The number of rotatable bonds is 1. The van der Waals surface area contributed by atoms with E-state index in [1.54, 1.807) is 0 Å². The van der Waals surface area contributed by atoms with Gasteiger partial charge in [-0.25, -0.2) is 4.79 Å². The van der Waals surface area contributed by atoms with E-state index in [2.05, 4.69) is 26.8 Å². The van der Waals surface area contributed by atoms with Crippen molar-refractivity contribution in [2.45, 2.75) is 59.0 Å². The van der Waals surface area contributed by atoms with E-state index in [9.17, 15) is 4.79 Å². The first-order chi connectivity index (χ1) is 8.47. The van der Waals surface area contributed by atoms with Crippen LogP contribution in [0.15, 0.2) is 11.6 Å². The lowest BCUT2D eigenvalue weighted by atomic mass is 9.83. The molecule has 0 atom stereocenters. The number of nitrogens with zero attached hydrogens (tertiary/aromatic N) is 1. The third-order valence-electron chi connectivity index (χ3n) is 4.00. The van der Waals surface area contributed by atoms with Crippen molar-refractivity contribution < 1.29 is 9.53 Å². The van der Waals surface area contributed by atoms with E-state index >= 15 is 0 Å². The van der Waals surface area contributed by atoms with Crippen molar-refractivity contribution in [3.63, 3.8) is 0 Å². The summed E-state index contributed by atoms with van der Waals surface area (Å²) in [6.07, 6.45) is 7.71. The molecule has 2 aliphatic rings. The van der Waals surface area contributed by atoms with Crippen LogP contribution in [0.4, 0.5) is 4.79 Å². The molecular formula is C15H25NO2. The van der Waals surface area contributed by atoms with E-state index in [1.165, 1.54) is 18.4 Å². The van der Waals surface area contributed by atoms with Crippen LogP contribution in [0.5, 0.6) is 0 Å². The van der Waals surface area contributed by atoms with E-state index in [0.29, 0.717) is 6.54 Å². The molecule has 0 N–H and O–H groups in total. The molecule has 3 nitrogen and oxygen atoms in total. The Morgan fingerprint density at radius 1 is 1.33 bits per heavy atom. The van der Waals surface area contributed by atoms with Crippen LogP contribution in [0.25, 0.3) is 0 Å². The molecule has 0 aromatic heterocycles. The highest BCUT2D eigenvalue weighted by Crippen LogP contribution is 2.30. The molecule has 0 saturated heterocycles. The second kappa shape index (κ2) is 5.33. The summed E-state index contributed by atoms with van der Waals surface area (Å²) in [5.41, 5.74) is 1.67. The van der Waals surface area contributed by atoms with Gasteiger partial charge in [-0.2, -0.15) is 0 Å². The van der Waals surface area contributed by atoms with Crippen LogP contribution in [0.2, 0.25) is 0 Å². The van der Waals surface area contributed by atoms with E-state index in [4.69, 9.17) is 4.74 Å². The molecule has 1 saturated carbocycles. The second-order valence-electron chi connectivity index (χ2n) is 6.47. The standard InChI is InChI=1S/C15H25NO2/c1-15(2,3)12-8-10-16(11-9-12)14(17)18-13-6-4-5-7-13/h8,13H,4-7,9-11H2,1-3H3. The van der Waals surface area contributed by atoms with E-state index < -0.39 is 0 Å². The van der Waals surface area contributed by atoms with Gasteiger partial charge in [-0.05, 0) is 37.5 Å². The Bertz CT molecular complexity index is 335. The minimum absolute atomic E-state index is 0.119. The van der Waals surface area contributed by atoms with Gasteiger partial charge in [0.15, 0.2) is 0 Å². The molecule has 1 heterocycles. The first-order valence-electron chi connectivity index (χ1n) is 7.12. The fourth-order valence-corrected chi connectivity index (χ4v) is 2.74. The monoisotopic (exact) mass is 251 g/mol. The van der Waals surface area contributed by atoms with Gasteiger partial charge in [0.05, 0.1) is 0 Å². The molecule has 1 aliphatic carbocycles. The van der Waals surface area contributed by atoms with E-state index in [-0.39, 0.29) is 17.6 Å². The summed E-state index contributed by atoms with van der Waals surface area (Å²) in [7, 11) is 0.